The Morgan fingerprint density at radius 3 is 2.58 bits per heavy atom. The maximum absolute atomic E-state index is 12.6. The molecule has 1 aliphatic rings. The third-order valence-corrected chi connectivity index (χ3v) is 6.51. The van der Waals surface area contributed by atoms with E-state index in [0.29, 0.717) is 42.5 Å². The smallest absolute Gasteiger partial charge is 0.252 e. The molecule has 1 aromatic carbocycles. The Morgan fingerprint density at radius 2 is 1.94 bits per heavy atom. The Labute approximate surface area is 196 Å². The van der Waals surface area contributed by atoms with Crippen molar-refractivity contribution in [2.24, 2.45) is 23.7 Å². The van der Waals surface area contributed by atoms with E-state index in [9.17, 15) is 9.59 Å². The van der Waals surface area contributed by atoms with Gasteiger partial charge in [0.05, 0.1) is 17.2 Å². The molecule has 0 bridgehead atoms. The van der Waals surface area contributed by atoms with Gasteiger partial charge in [0.2, 0.25) is 5.91 Å². The molecule has 3 rings (SSSR count). The van der Waals surface area contributed by atoms with Crippen LogP contribution in [-0.2, 0) is 11.3 Å². The van der Waals surface area contributed by atoms with Crippen molar-refractivity contribution >= 4 is 11.8 Å². The van der Waals surface area contributed by atoms with Crippen LogP contribution in [0.3, 0.4) is 0 Å². The van der Waals surface area contributed by atoms with Crippen LogP contribution in [0.4, 0.5) is 0 Å². The minimum absolute atomic E-state index is 0.0305. The molecule has 0 spiro atoms. The van der Waals surface area contributed by atoms with Crippen LogP contribution in [0.1, 0.15) is 55.1 Å². The fourth-order valence-electron chi connectivity index (χ4n) is 4.51. The Balaban J connectivity index is 1.57. The van der Waals surface area contributed by atoms with Gasteiger partial charge in [0, 0.05) is 31.9 Å². The van der Waals surface area contributed by atoms with Gasteiger partial charge in [-0.1, -0.05) is 37.6 Å². The zero-order valence-corrected chi connectivity index (χ0v) is 19.5. The minimum Gasteiger partial charge on any atom is -0.352 e. The third-order valence-electron chi connectivity index (χ3n) is 6.51. The van der Waals surface area contributed by atoms with Gasteiger partial charge in [-0.25, -0.2) is 0 Å². The number of pyridine rings is 1. The number of benzene rings is 1. The van der Waals surface area contributed by atoms with E-state index >= 15 is 0 Å². The monoisotopic (exact) mass is 444 g/mol. The van der Waals surface area contributed by atoms with Crippen LogP contribution in [0.15, 0.2) is 60.4 Å². The van der Waals surface area contributed by atoms with E-state index in [-0.39, 0.29) is 23.7 Å². The summed E-state index contributed by atoms with van der Waals surface area (Å²) in [6, 6.07) is 12.9. The fraction of sp³-hybridized carbons (Fsp3) is 0.407. The van der Waals surface area contributed by atoms with Gasteiger partial charge < -0.3 is 10.6 Å². The molecule has 0 saturated heterocycles. The van der Waals surface area contributed by atoms with E-state index < -0.39 is 0 Å². The van der Waals surface area contributed by atoms with Crippen molar-refractivity contribution in [3.05, 3.63) is 77.1 Å². The lowest BCUT2D eigenvalue weighted by molar-refractivity contribution is -0.122. The highest BCUT2D eigenvalue weighted by molar-refractivity contribution is 5.93. The quantitative estimate of drug-likeness (QED) is 0.595. The third kappa shape index (κ3) is 6.76. The number of carbonyl (C=O) groups excluding carboxylic acids is 2. The number of rotatable bonds is 8. The highest BCUT2D eigenvalue weighted by Gasteiger charge is 2.32. The SMILES string of the molecule is CC1=C[C@@H](CNC(=O)c2cccnc2)[C@H](C(C)C)C[C@H]1CC(=O)NCc1ccc(C#N)cc1. The summed E-state index contributed by atoms with van der Waals surface area (Å²) < 4.78 is 0. The van der Waals surface area contributed by atoms with Crippen molar-refractivity contribution < 1.29 is 9.59 Å². The predicted molar refractivity (Wildman–Crippen MR) is 128 cm³/mol. The standard InChI is InChI=1S/C27H32N4O2/c1-18(2)25-12-23(13-26(32)30-15-21-8-6-20(14-28)7-9-21)19(3)11-24(25)17-31-27(33)22-5-4-10-29-16-22/h4-11,16,18,23-25H,12-13,15,17H2,1-3H3,(H,30,32)(H,31,33)/t23-,24-,25-/m0/s1. The van der Waals surface area contributed by atoms with Crippen LogP contribution < -0.4 is 10.6 Å². The van der Waals surface area contributed by atoms with Crippen LogP contribution in [-0.4, -0.2) is 23.3 Å². The maximum atomic E-state index is 12.6. The summed E-state index contributed by atoms with van der Waals surface area (Å²) in [7, 11) is 0. The zero-order chi connectivity index (χ0) is 23.8. The molecule has 2 N–H and O–H groups in total. The molecule has 33 heavy (non-hydrogen) atoms. The summed E-state index contributed by atoms with van der Waals surface area (Å²) >= 11 is 0. The largest absolute Gasteiger partial charge is 0.352 e. The van der Waals surface area contributed by atoms with Crippen LogP contribution in [0.2, 0.25) is 0 Å². The molecule has 2 aromatic rings. The van der Waals surface area contributed by atoms with Crippen molar-refractivity contribution in [3.63, 3.8) is 0 Å². The van der Waals surface area contributed by atoms with Crippen molar-refractivity contribution in [1.82, 2.24) is 15.6 Å². The van der Waals surface area contributed by atoms with Gasteiger partial charge in [-0.05, 0) is 66.8 Å². The normalized spacial score (nSPS) is 20.0. The van der Waals surface area contributed by atoms with E-state index in [2.05, 4.69) is 48.5 Å². The summed E-state index contributed by atoms with van der Waals surface area (Å²) in [6.45, 7) is 7.53. The average molecular weight is 445 g/mol. The van der Waals surface area contributed by atoms with Gasteiger partial charge in [-0.2, -0.15) is 5.26 Å². The first-order valence-electron chi connectivity index (χ1n) is 11.5. The topological polar surface area (TPSA) is 94.9 Å². The molecular formula is C27H32N4O2. The van der Waals surface area contributed by atoms with Crippen molar-refractivity contribution in [3.8, 4) is 6.07 Å². The van der Waals surface area contributed by atoms with Crippen LogP contribution in [0.25, 0.3) is 0 Å². The minimum atomic E-state index is -0.110. The van der Waals surface area contributed by atoms with E-state index in [1.165, 1.54) is 5.57 Å². The van der Waals surface area contributed by atoms with E-state index in [1.54, 1.807) is 36.7 Å². The molecule has 0 fully saturated rings. The van der Waals surface area contributed by atoms with Crippen molar-refractivity contribution in [2.45, 2.75) is 40.2 Å². The van der Waals surface area contributed by atoms with Crippen molar-refractivity contribution in [2.75, 3.05) is 6.54 Å². The highest BCUT2D eigenvalue weighted by atomic mass is 16.2. The number of aromatic nitrogens is 1. The van der Waals surface area contributed by atoms with Gasteiger partial charge >= 0.3 is 0 Å². The maximum Gasteiger partial charge on any atom is 0.252 e. The molecule has 0 unspecified atom stereocenters. The van der Waals surface area contributed by atoms with Gasteiger partial charge in [0.1, 0.15) is 0 Å². The predicted octanol–water partition coefficient (Wildman–Crippen LogP) is 4.24. The first-order valence-corrected chi connectivity index (χ1v) is 11.5. The number of nitrogens with one attached hydrogen (secondary N) is 2. The lowest BCUT2D eigenvalue weighted by Crippen LogP contribution is -2.37. The van der Waals surface area contributed by atoms with Crippen LogP contribution in [0, 0.1) is 35.0 Å². The van der Waals surface area contributed by atoms with Gasteiger partial charge in [-0.15, -0.1) is 0 Å². The zero-order valence-electron chi connectivity index (χ0n) is 19.5. The Morgan fingerprint density at radius 1 is 1.18 bits per heavy atom. The lowest BCUT2D eigenvalue weighted by Gasteiger charge is -2.37. The molecule has 1 aromatic heterocycles. The molecule has 0 aliphatic heterocycles. The number of carbonyl (C=O) groups is 2. The molecule has 172 valence electrons. The number of hydrogen-bond acceptors (Lipinski definition) is 4. The molecule has 6 nitrogen and oxygen atoms in total. The molecule has 2 amide bonds. The molecule has 1 aliphatic carbocycles. The second kappa shape index (κ2) is 11.4. The highest BCUT2D eigenvalue weighted by Crippen LogP contribution is 2.38. The summed E-state index contributed by atoms with van der Waals surface area (Å²) in [5.74, 6) is 1.19. The molecule has 0 radical (unpaired) electrons. The van der Waals surface area contributed by atoms with Crippen LogP contribution in [0.5, 0.6) is 0 Å². The Hall–Kier alpha value is -3.46. The summed E-state index contributed by atoms with van der Waals surface area (Å²) in [4.78, 5) is 29.1. The lowest BCUT2D eigenvalue weighted by atomic mass is 9.69. The first-order chi connectivity index (χ1) is 15.9. The average Bonchev–Trinajstić information content (AvgIpc) is 2.83. The van der Waals surface area contributed by atoms with E-state index in [4.69, 9.17) is 5.26 Å². The van der Waals surface area contributed by atoms with E-state index in [1.807, 2.05) is 12.1 Å². The Kier molecular flexibility index (Phi) is 8.37. The summed E-state index contributed by atoms with van der Waals surface area (Å²) in [5.41, 5.74) is 3.36. The summed E-state index contributed by atoms with van der Waals surface area (Å²) in [6.07, 6.45) is 6.85. The number of amides is 2. The van der Waals surface area contributed by atoms with Gasteiger partial charge in [0.15, 0.2) is 0 Å². The number of allylic oxidation sites excluding steroid dienone is 1. The number of hydrogen-bond donors (Lipinski definition) is 2. The Bertz CT molecular complexity index is 1020. The first kappa shape index (κ1) is 24.2. The molecule has 3 atom stereocenters. The summed E-state index contributed by atoms with van der Waals surface area (Å²) in [5, 5.41) is 15.0. The molecular weight excluding hydrogens is 412 g/mol. The molecule has 1 heterocycles. The second-order valence-corrected chi connectivity index (χ2v) is 9.16. The number of nitriles is 1. The van der Waals surface area contributed by atoms with Crippen LogP contribution >= 0.6 is 0 Å². The second-order valence-electron chi connectivity index (χ2n) is 9.16. The number of nitrogens with zero attached hydrogens (tertiary/aromatic N) is 2. The molecule has 0 saturated carbocycles. The fourth-order valence-corrected chi connectivity index (χ4v) is 4.51. The van der Waals surface area contributed by atoms with Gasteiger partial charge in [-0.3, -0.25) is 14.6 Å². The van der Waals surface area contributed by atoms with Crippen molar-refractivity contribution in [1.29, 1.82) is 5.26 Å². The molecule has 6 heteroatoms. The van der Waals surface area contributed by atoms with E-state index in [0.717, 1.165) is 12.0 Å². The van der Waals surface area contributed by atoms with Gasteiger partial charge in [0.25, 0.3) is 5.91 Å².